The Morgan fingerprint density at radius 3 is 2.53 bits per heavy atom. The number of aromatic nitrogens is 1. The number of nitrogens with zero attached hydrogens (tertiary/aromatic N) is 1. The zero-order valence-electron chi connectivity index (χ0n) is 11.6. The number of hydrogen-bond acceptors (Lipinski definition) is 4. The summed E-state index contributed by atoms with van der Waals surface area (Å²) in [7, 11) is 1.75. The minimum atomic E-state index is -0.800. The lowest BCUT2D eigenvalue weighted by Gasteiger charge is -2.29. The zero-order valence-corrected chi connectivity index (χ0v) is 12.4. The number of carboxylic acid groups (broad SMARTS) is 1. The maximum atomic E-state index is 10.9. The van der Waals surface area contributed by atoms with Crippen molar-refractivity contribution in [1.29, 1.82) is 0 Å². The molecule has 2 rings (SSSR count). The second-order valence-corrected chi connectivity index (χ2v) is 6.29. The van der Waals surface area contributed by atoms with E-state index in [0.29, 0.717) is 0 Å². The van der Waals surface area contributed by atoms with Crippen molar-refractivity contribution in [1.82, 2.24) is 4.98 Å². The van der Waals surface area contributed by atoms with Crippen molar-refractivity contribution in [2.45, 2.75) is 57.5 Å². The maximum absolute atomic E-state index is 10.9. The summed E-state index contributed by atoms with van der Waals surface area (Å²) in [6, 6.07) is 0. The minimum absolute atomic E-state index is 0.0588. The van der Waals surface area contributed by atoms with Crippen LogP contribution in [0, 0.1) is 6.92 Å². The number of aliphatic carboxylic acids is 1. The lowest BCUT2D eigenvalue weighted by Crippen LogP contribution is -2.27. The van der Waals surface area contributed by atoms with Crippen LogP contribution in [0.25, 0.3) is 0 Å². The summed E-state index contributed by atoms with van der Waals surface area (Å²) in [5.74, 6) is -0.800. The molecule has 1 aromatic rings. The Hall–Kier alpha value is -0.940. The van der Waals surface area contributed by atoms with Gasteiger partial charge in [-0.15, -0.1) is 11.3 Å². The van der Waals surface area contributed by atoms with Crippen LogP contribution in [0.5, 0.6) is 0 Å². The molecule has 5 heteroatoms. The molecule has 1 saturated carbocycles. The van der Waals surface area contributed by atoms with Gasteiger partial charge < -0.3 is 9.84 Å². The number of ether oxygens (including phenoxy) is 1. The predicted octanol–water partition coefficient (Wildman–Crippen LogP) is 3.27. The lowest BCUT2D eigenvalue weighted by atomic mass is 9.95. The molecule has 0 atom stereocenters. The molecule has 0 bridgehead atoms. The molecule has 19 heavy (non-hydrogen) atoms. The van der Waals surface area contributed by atoms with Crippen LogP contribution in [0.2, 0.25) is 0 Å². The van der Waals surface area contributed by atoms with E-state index in [2.05, 4.69) is 4.98 Å². The van der Waals surface area contributed by atoms with Gasteiger partial charge in [-0.25, -0.2) is 4.98 Å². The smallest absolute Gasteiger partial charge is 0.308 e. The fourth-order valence-corrected chi connectivity index (χ4v) is 4.01. The van der Waals surface area contributed by atoms with Gasteiger partial charge in [0.15, 0.2) is 0 Å². The molecule has 0 aliphatic heterocycles. The Labute approximate surface area is 117 Å². The van der Waals surface area contributed by atoms with E-state index >= 15 is 0 Å². The molecule has 0 spiro atoms. The summed E-state index contributed by atoms with van der Waals surface area (Å²) in [5.41, 5.74) is 0.547. The van der Waals surface area contributed by atoms with E-state index in [1.54, 1.807) is 7.11 Å². The molecule has 1 N–H and O–H groups in total. The van der Waals surface area contributed by atoms with Gasteiger partial charge >= 0.3 is 5.97 Å². The van der Waals surface area contributed by atoms with Crippen LogP contribution in [0.4, 0.5) is 0 Å². The highest BCUT2D eigenvalue weighted by Crippen LogP contribution is 2.41. The van der Waals surface area contributed by atoms with E-state index in [9.17, 15) is 4.79 Å². The van der Waals surface area contributed by atoms with Crippen LogP contribution in [0.15, 0.2) is 0 Å². The van der Waals surface area contributed by atoms with Crippen LogP contribution in [0.1, 0.15) is 54.1 Å². The number of thiazole rings is 1. The van der Waals surface area contributed by atoms with Crippen LogP contribution in [0.3, 0.4) is 0 Å². The number of rotatable bonds is 4. The second-order valence-electron chi connectivity index (χ2n) is 5.21. The standard InChI is InChI=1S/C14H21NO3S/c1-10-11(9-12(16)17)19-13(15-10)14(18-2)7-5-3-4-6-8-14/h3-9H2,1-2H3,(H,16,17). The predicted molar refractivity (Wildman–Crippen MR) is 74.6 cm³/mol. The van der Waals surface area contributed by atoms with Crippen molar-refractivity contribution in [2.75, 3.05) is 7.11 Å². The Kier molecular flexibility index (Phi) is 4.58. The first-order valence-electron chi connectivity index (χ1n) is 6.81. The molecule has 1 fully saturated rings. The van der Waals surface area contributed by atoms with E-state index < -0.39 is 5.97 Å². The second kappa shape index (κ2) is 6.01. The SMILES string of the molecule is COC1(c2nc(C)c(CC(=O)O)s2)CCCCCC1. The summed E-state index contributed by atoms with van der Waals surface area (Å²) in [6.45, 7) is 1.89. The number of carbonyl (C=O) groups is 1. The lowest BCUT2D eigenvalue weighted by molar-refractivity contribution is -0.136. The average molecular weight is 283 g/mol. The Morgan fingerprint density at radius 2 is 2.00 bits per heavy atom. The van der Waals surface area contributed by atoms with Crippen molar-refractivity contribution in [3.63, 3.8) is 0 Å². The Morgan fingerprint density at radius 1 is 1.37 bits per heavy atom. The first kappa shape index (κ1) is 14.5. The van der Waals surface area contributed by atoms with Crippen LogP contribution in [-0.4, -0.2) is 23.2 Å². The molecule has 1 aromatic heterocycles. The minimum Gasteiger partial charge on any atom is -0.481 e. The van der Waals surface area contributed by atoms with Crippen LogP contribution >= 0.6 is 11.3 Å². The van der Waals surface area contributed by atoms with Crippen molar-refractivity contribution in [3.05, 3.63) is 15.6 Å². The van der Waals surface area contributed by atoms with Crippen LogP contribution < -0.4 is 0 Å². The average Bonchev–Trinajstić information content (AvgIpc) is 2.62. The van der Waals surface area contributed by atoms with Crippen molar-refractivity contribution in [3.8, 4) is 0 Å². The molecule has 0 unspecified atom stereocenters. The summed E-state index contributed by atoms with van der Waals surface area (Å²) < 4.78 is 5.82. The van der Waals surface area contributed by atoms with Gasteiger partial charge in [-0.3, -0.25) is 4.79 Å². The Bertz CT molecular complexity index is 448. The molecule has 1 heterocycles. The summed E-state index contributed by atoms with van der Waals surface area (Å²) in [5, 5.41) is 9.89. The van der Waals surface area contributed by atoms with E-state index in [0.717, 1.165) is 41.3 Å². The highest BCUT2D eigenvalue weighted by molar-refractivity contribution is 7.12. The number of methoxy groups -OCH3 is 1. The maximum Gasteiger partial charge on any atom is 0.308 e. The van der Waals surface area contributed by atoms with E-state index in [-0.39, 0.29) is 12.0 Å². The normalized spacial score (nSPS) is 19.1. The molecule has 106 valence electrons. The van der Waals surface area contributed by atoms with Gasteiger partial charge in [-0.2, -0.15) is 0 Å². The molecular weight excluding hydrogens is 262 g/mol. The number of carboxylic acids is 1. The summed E-state index contributed by atoms with van der Waals surface area (Å²) >= 11 is 1.51. The quantitative estimate of drug-likeness (QED) is 0.862. The molecule has 1 aliphatic rings. The molecule has 0 aromatic carbocycles. The summed E-state index contributed by atoms with van der Waals surface area (Å²) in [6.07, 6.45) is 6.84. The van der Waals surface area contributed by atoms with Gasteiger partial charge in [-0.05, 0) is 19.8 Å². The monoisotopic (exact) mass is 283 g/mol. The zero-order chi connectivity index (χ0) is 13.9. The van der Waals surface area contributed by atoms with Gasteiger partial charge in [0, 0.05) is 12.0 Å². The van der Waals surface area contributed by atoms with Gasteiger partial charge in [-0.1, -0.05) is 25.7 Å². The van der Waals surface area contributed by atoms with Gasteiger partial charge in [0.25, 0.3) is 0 Å². The molecule has 0 radical (unpaired) electrons. The fraction of sp³-hybridized carbons (Fsp3) is 0.714. The molecule has 0 saturated heterocycles. The van der Waals surface area contributed by atoms with Crippen molar-refractivity contribution < 1.29 is 14.6 Å². The van der Waals surface area contributed by atoms with Gasteiger partial charge in [0.2, 0.25) is 0 Å². The van der Waals surface area contributed by atoms with Gasteiger partial charge in [0.1, 0.15) is 10.6 Å². The van der Waals surface area contributed by atoms with E-state index in [1.807, 2.05) is 6.92 Å². The molecule has 1 aliphatic carbocycles. The third-order valence-electron chi connectivity index (χ3n) is 3.90. The largest absolute Gasteiger partial charge is 0.481 e. The van der Waals surface area contributed by atoms with Crippen molar-refractivity contribution in [2.24, 2.45) is 0 Å². The highest BCUT2D eigenvalue weighted by Gasteiger charge is 2.36. The first-order valence-corrected chi connectivity index (χ1v) is 7.63. The number of hydrogen-bond donors (Lipinski definition) is 1. The summed E-state index contributed by atoms with van der Waals surface area (Å²) in [4.78, 5) is 16.3. The van der Waals surface area contributed by atoms with Crippen molar-refractivity contribution >= 4 is 17.3 Å². The first-order chi connectivity index (χ1) is 9.07. The third kappa shape index (κ3) is 3.15. The highest BCUT2D eigenvalue weighted by atomic mass is 32.1. The van der Waals surface area contributed by atoms with Gasteiger partial charge in [0.05, 0.1) is 12.1 Å². The van der Waals surface area contributed by atoms with E-state index in [1.165, 1.54) is 24.2 Å². The fourth-order valence-electron chi connectivity index (χ4n) is 2.73. The van der Waals surface area contributed by atoms with Crippen LogP contribution in [-0.2, 0) is 21.6 Å². The number of aryl methyl sites for hydroxylation is 1. The molecule has 0 amide bonds. The van der Waals surface area contributed by atoms with E-state index in [4.69, 9.17) is 9.84 Å². The third-order valence-corrected chi connectivity index (χ3v) is 5.24. The Balaban J connectivity index is 2.29. The molecular formula is C14H21NO3S. The topological polar surface area (TPSA) is 59.4 Å². The molecule has 4 nitrogen and oxygen atoms in total.